The second-order valence-electron chi connectivity index (χ2n) is 2.00. The van der Waals surface area contributed by atoms with E-state index in [2.05, 4.69) is 0 Å². The highest BCUT2D eigenvalue weighted by molar-refractivity contribution is 6.30. The molecule has 0 aromatic heterocycles. The first kappa shape index (κ1) is 10.3. The van der Waals surface area contributed by atoms with Gasteiger partial charge in [-0.3, -0.25) is 0 Å². The molecule has 1 rings (SSSR count). The minimum Gasteiger partial charge on any atom is -0.398 e. The Bertz CT molecular complexity index is 221. The highest BCUT2D eigenvalue weighted by Crippen LogP contribution is 2.16. The summed E-state index contributed by atoms with van der Waals surface area (Å²) in [4.78, 5) is 0. The lowest BCUT2D eigenvalue weighted by Gasteiger charge is -1.97. The lowest BCUT2D eigenvalue weighted by Crippen LogP contribution is -1.87. The topological polar surface area (TPSA) is 26.0 Å². The quantitative estimate of drug-likeness (QED) is 0.596. The van der Waals surface area contributed by atoms with Crippen molar-refractivity contribution < 1.29 is 0 Å². The van der Waals surface area contributed by atoms with Crippen LogP contribution >= 0.6 is 11.6 Å². The van der Waals surface area contributed by atoms with Gasteiger partial charge >= 0.3 is 0 Å². The molecule has 2 heteroatoms. The van der Waals surface area contributed by atoms with E-state index in [0.717, 1.165) is 11.3 Å². The number of rotatable bonds is 0. The molecule has 62 valence electrons. The predicted octanol–water partition coefficient (Wildman–Crippen LogP) is 3.26. The van der Waals surface area contributed by atoms with Crippen LogP contribution in [-0.2, 0) is 0 Å². The van der Waals surface area contributed by atoms with Crippen molar-refractivity contribution >= 4 is 17.3 Å². The van der Waals surface area contributed by atoms with Gasteiger partial charge in [-0.2, -0.15) is 0 Å². The molecule has 0 aliphatic rings. The third-order valence-electron chi connectivity index (χ3n) is 1.24. The van der Waals surface area contributed by atoms with Crippen LogP contribution in [0.2, 0.25) is 5.02 Å². The van der Waals surface area contributed by atoms with E-state index >= 15 is 0 Å². The number of nitrogens with two attached hydrogens (primary N) is 1. The molecule has 0 saturated carbocycles. The van der Waals surface area contributed by atoms with Crippen LogP contribution in [0.3, 0.4) is 0 Å². The molecule has 0 bridgehead atoms. The van der Waals surface area contributed by atoms with Crippen LogP contribution < -0.4 is 5.73 Å². The number of nitrogen functional groups attached to an aromatic ring is 1. The zero-order valence-electron chi connectivity index (χ0n) is 7.19. The Morgan fingerprint density at radius 1 is 1.27 bits per heavy atom. The van der Waals surface area contributed by atoms with E-state index in [1.54, 1.807) is 6.07 Å². The summed E-state index contributed by atoms with van der Waals surface area (Å²) in [5, 5.41) is 0.693. The Balaban J connectivity index is 0.000000461. The van der Waals surface area contributed by atoms with Crippen LogP contribution in [-0.4, -0.2) is 0 Å². The summed E-state index contributed by atoms with van der Waals surface area (Å²) in [6.07, 6.45) is 0. The van der Waals surface area contributed by atoms with Crippen LogP contribution in [0.15, 0.2) is 18.2 Å². The zero-order chi connectivity index (χ0) is 8.85. The third kappa shape index (κ3) is 3.28. The SMILES string of the molecule is CC.Cc1ccc(Cl)cc1N. The summed E-state index contributed by atoms with van der Waals surface area (Å²) in [5.41, 5.74) is 7.36. The Kier molecular flexibility index (Phi) is 4.71. The Morgan fingerprint density at radius 3 is 2.18 bits per heavy atom. The number of anilines is 1. The number of benzene rings is 1. The summed E-state index contributed by atoms with van der Waals surface area (Å²) in [6, 6.07) is 5.47. The third-order valence-corrected chi connectivity index (χ3v) is 1.48. The monoisotopic (exact) mass is 171 g/mol. The molecule has 1 aromatic rings. The fourth-order valence-corrected chi connectivity index (χ4v) is 0.792. The maximum absolute atomic E-state index is 5.64. The van der Waals surface area contributed by atoms with Gasteiger partial charge in [0.2, 0.25) is 0 Å². The van der Waals surface area contributed by atoms with Crippen molar-refractivity contribution in [2.75, 3.05) is 5.73 Å². The maximum atomic E-state index is 5.64. The van der Waals surface area contributed by atoms with E-state index in [1.165, 1.54) is 0 Å². The van der Waals surface area contributed by atoms with Crippen LogP contribution in [0.25, 0.3) is 0 Å². The fourth-order valence-electron chi connectivity index (χ4n) is 0.611. The van der Waals surface area contributed by atoms with Gasteiger partial charge in [0.05, 0.1) is 0 Å². The second kappa shape index (κ2) is 5.03. The Morgan fingerprint density at radius 2 is 1.82 bits per heavy atom. The van der Waals surface area contributed by atoms with E-state index in [-0.39, 0.29) is 0 Å². The molecule has 0 spiro atoms. The Hall–Kier alpha value is -0.690. The normalized spacial score (nSPS) is 8.36. The highest BCUT2D eigenvalue weighted by atomic mass is 35.5. The standard InChI is InChI=1S/C7H8ClN.C2H6/c1-5-2-3-6(8)4-7(5)9;1-2/h2-4H,9H2,1H3;1-2H3. The van der Waals surface area contributed by atoms with Gasteiger partial charge in [0.25, 0.3) is 0 Å². The van der Waals surface area contributed by atoms with Gasteiger partial charge in [-0.25, -0.2) is 0 Å². The smallest absolute Gasteiger partial charge is 0.0426 e. The average Bonchev–Trinajstić information content (AvgIpc) is 2.02. The molecule has 0 unspecified atom stereocenters. The van der Waals surface area contributed by atoms with E-state index in [4.69, 9.17) is 17.3 Å². The van der Waals surface area contributed by atoms with Crippen molar-refractivity contribution in [3.05, 3.63) is 28.8 Å². The minimum atomic E-state index is 0.693. The molecule has 0 heterocycles. The lowest BCUT2D eigenvalue weighted by atomic mass is 10.2. The summed E-state index contributed by atoms with van der Waals surface area (Å²) in [6.45, 7) is 5.95. The molecular formula is C9H14ClN. The molecule has 0 saturated heterocycles. The number of aryl methyl sites for hydroxylation is 1. The maximum Gasteiger partial charge on any atom is 0.0426 e. The molecule has 1 nitrogen and oxygen atoms in total. The first-order valence-electron chi connectivity index (χ1n) is 3.72. The van der Waals surface area contributed by atoms with Crippen LogP contribution in [0.4, 0.5) is 5.69 Å². The molecule has 11 heavy (non-hydrogen) atoms. The first-order valence-corrected chi connectivity index (χ1v) is 4.09. The molecule has 0 amide bonds. The van der Waals surface area contributed by atoms with Gasteiger partial charge in [-0.15, -0.1) is 0 Å². The van der Waals surface area contributed by atoms with E-state index in [9.17, 15) is 0 Å². The Labute approximate surface area is 73.2 Å². The van der Waals surface area contributed by atoms with Crippen LogP contribution in [0, 0.1) is 6.92 Å². The lowest BCUT2D eigenvalue weighted by molar-refractivity contribution is 1.47. The second-order valence-corrected chi connectivity index (χ2v) is 2.44. The van der Waals surface area contributed by atoms with Crippen LogP contribution in [0.5, 0.6) is 0 Å². The summed E-state index contributed by atoms with van der Waals surface area (Å²) in [5.74, 6) is 0. The molecular weight excluding hydrogens is 158 g/mol. The predicted molar refractivity (Wildman–Crippen MR) is 51.9 cm³/mol. The average molecular weight is 172 g/mol. The molecule has 2 N–H and O–H groups in total. The van der Waals surface area contributed by atoms with Gasteiger partial charge in [0, 0.05) is 10.7 Å². The van der Waals surface area contributed by atoms with E-state index in [1.807, 2.05) is 32.9 Å². The fraction of sp³-hybridized carbons (Fsp3) is 0.333. The summed E-state index contributed by atoms with van der Waals surface area (Å²) >= 11 is 5.64. The van der Waals surface area contributed by atoms with Gasteiger partial charge < -0.3 is 5.73 Å². The summed E-state index contributed by atoms with van der Waals surface area (Å²) in [7, 11) is 0. The van der Waals surface area contributed by atoms with Crippen molar-refractivity contribution in [3.8, 4) is 0 Å². The molecule has 0 aliphatic heterocycles. The molecule has 0 fully saturated rings. The van der Waals surface area contributed by atoms with Crippen molar-refractivity contribution in [1.82, 2.24) is 0 Å². The number of hydrogen-bond donors (Lipinski definition) is 1. The first-order chi connectivity index (χ1) is 5.20. The molecule has 1 aromatic carbocycles. The largest absolute Gasteiger partial charge is 0.398 e. The minimum absolute atomic E-state index is 0.693. The molecule has 0 aliphatic carbocycles. The van der Waals surface area contributed by atoms with Gasteiger partial charge in [-0.1, -0.05) is 31.5 Å². The highest BCUT2D eigenvalue weighted by Gasteiger charge is 1.91. The molecule has 0 radical (unpaired) electrons. The van der Waals surface area contributed by atoms with Crippen molar-refractivity contribution in [1.29, 1.82) is 0 Å². The van der Waals surface area contributed by atoms with E-state index in [0.29, 0.717) is 5.02 Å². The van der Waals surface area contributed by atoms with E-state index < -0.39 is 0 Å². The van der Waals surface area contributed by atoms with Crippen molar-refractivity contribution in [3.63, 3.8) is 0 Å². The number of halogens is 1. The molecule has 0 atom stereocenters. The van der Waals surface area contributed by atoms with Crippen molar-refractivity contribution in [2.24, 2.45) is 0 Å². The summed E-state index contributed by atoms with van der Waals surface area (Å²) < 4.78 is 0. The van der Waals surface area contributed by atoms with Gasteiger partial charge in [0.1, 0.15) is 0 Å². The van der Waals surface area contributed by atoms with Gasteiger partial charge in [-0.05, 0) is 24.6 Å². The number of hydrogen-bond acceptors (Lipinski definition) is 1. The van der Waals surface area contributed by atoms with Crippen molar-refractivity contribution in [2.45, 2.75) is 20.8 Å². The van der Waals surface area contributed by atoms with Crippen LogP contribution in [0.1, 0.15) is 19.4 Å². The zero-order valence-corrected chi connectivity index (χ0v) is 7.94. The van der Waals surface area contributed by atoms with Gasteiger partial charge in [0.15, 0.2) is 0 Å².